The van der Waals surface area contributed by atoms with Gasteiger partial charge in [0.2, 0.25) is 0 Å². The molecule has 1 fully saturated rings. The van der Waals surface area contributed by atoms with E-state index in [-0.39, 0.29) is 0 Å². The van der Waals surface area contributed by atoms with E-state index in [2.05, 4.69) is 28.1 Å². The molecule has 0 aliphatic heterocycles. The predicted octanol–water partition coefficient (Wildman–Crippen LogP) is 3.52. The molecule has 2 N–H and O–H groups in total. The average Bonchev–Trinajstić information content (AvgIpc) is 2.26. The fraction of sp³-hybridized carbons (Fsp3) is 0.571. The standard InChI is InChI=1S/C14H20BrNO/c15-13-6-7-14(12(9-13)5-2-8-16)17-10-11-3-1-4-11/h6-7,9,11H,1-5,8,10,16H2. The van der Waals surface area contributed by atoms with E-state index in [1.165, 1.54) is 24.8 Å². The number of benzene rings is 1. The van der Waals surface area contributed by atoms with Gasteiger partial charge >= 0.3 is 0 Å². The highest BCUT2D eigenvalue weighted by molar-refractivity contribution is 9.10. The lowest BCUT2D eigenvalue weighted by Crippen LogP contribution is -2.19. The fourth-order valence-electron chi connectivity index (χ4n) is 2.04. The molecule has 2 rings (SSSR count). The van der Waals surface area contributed by atoms with Gasteiger partial charge < -0.3 is 10.5 Å². The highest BCUT2D eigenvalue weighted by atomic mass is 79.9. The Morgan fingerprint density at radius 2 is 2.18 bits per heavy atom. The molecule has 1 aliphatic carbocycles. The maximum atomic E-state index is 5.93. The SMILES string of the molecule is NCCCc1cc(Br)ccc1OCC1CCC1. The summed E-state index contributed by atoms with van der Waals surface area (Å²) in [5, 5.41) is 0. The highest BCUT2D eigenvalue weighted by Crippen LogP contribution is 2.29. The fourth-order valence-corrected chi connectivity index (χ4v) is 2.45. The van der Waals surface area contributed by atoms with Gasteiger partial charge in [0.1, 0.15) is 5.75 Å². The first-order valence-electron chi connectivity index (χ1n) is 6.41. The first-order valence-corrected chi connectivity index (χ1v) is 7.20. The summed E-state index contributed by atoms with van der Waals surface area (Å²) < 4.78 is 7.04. The largest absolute Gasteiger partial charge is 0.493 e. The van der Waals surface area contributed by atoms with Gasteiger partial charge in [-0.25, -0.2) is 0 Å². The van der Waals surface area contributed by atoms with Crippen LogP contribution in [0.25, 0.3) is 0 Å². The van der Waals surface area contributed by atoms with Crippen molar-refractivity contribution in [2.24, 2.45) is 11.7 Å². The van der Waals surface area contributed by atoms with Crippen molar-refractivity contribution in [3.63, 3.8) is 0 Å². The summed E-state index contributed by atoms with van der Waals surface area (Å²) in [6.45, 7) is 1.60. The summed E-state index contributed by atoms with van der Waals surface area (Å²) in [4.78, 5) is 0. The molecule has 94 valence electrons. The number of halogens is 1. The van der Waals surface area contributed by atoms with Crippen molar-refractivity contribution >= 4 is 15.9 Å². The molecule has 1 aromatic rings. The molecule has 0 saturated heterocycles. The van der Waals surface area contributed by atoms with Crippen LogP contribution in [0.4, 0.5) is 0 Å². The number of nitrogens with two attached hydrogens (primary N) is 1. The Kier molecular flexibility index (Phi) is 4.86. The zero-order chi connectivity index (χ0) is 12.1. The summed E-state index contributed by atoms with van der Waals surface area (Å²) in [6, 6.07) is 6.25. The second-order valence-corrected chi connectivity index (χ2v) is 5.67. The van der Waals surface area contributed by atoms with Gasteiger partial charge in [0.15, 0.2) is 0 Å². The Balaban J connectivity index is 1.97. The molecule has 17 heavy (non-hydrogen) atoms. The van der Waals surface area contributed by atoms with Crippen LogP contribution in [0, 0.1) is 5.92 Å². The first-order chi connectivity index (χ1) is 8.29. The lowest BCUT2D eigenvalue weighted by Gasteiger charge is -2.25. The van der Waals surface area contributed by atoms with E-state index in [9.17, 15) is 0 Å². The third-order valence-corrected chi connectivity index (χ3v) is 3.87. The Bertz CT molecular complexity index is 363. The maximum Gasteiger partial charge on any atom is 0.122 e. The second-order valence-electron chi connectivity index (χ2n) is 4.75. The normalized spacial score (nSPS) is 15.6. The molecule has 0 unspecified atom stereocenters. The third kappa shape index (κ3) is 3.71. The smallest absolute Gasteiger partial charge is 0.122 e. The lowest BCUT2D eigenvalue weighted by molar-refractivity contribution is 0.179. The van der Waals surface area contributed by atoms with E-state index in [0.29, 0.717) is 0 Å². The summed E-state index contributed by atoms with van der Waals surface area (Å²) >= 11 is 3.51. The molecule has 0 atom stereocenters. The van der Waals surface area contributed by atoms with Gasteiger partial charge in [-0.3, -0.25) is 0 Å². The van der Waals surface area contributed by atoms with Gasteiger partial charge in [-0.2, -0.15) is 0 Å². The molecule has 2 nitrogen and oxygen atoms in total. The quantitative estimate of drug-likeness (QED) is 0.872. The number of aryl methyl sites for hydroxylation is 1. The van der Waals surface area contributed by atoms with Gasteiger partial charge in [0.25, 0.3) is 0 Å². The van der Waals surface area contributed by atoms with Crippen molar-refractivity contribution in [2.45, 2.75) is 32.1 Å². The van der Waals surface area contributed by atoms with E-state index in [0.717, 1.165) is 42.1 Å². The van der Waals surface area contributed by atoms with Crippen molar-refractivity contribution in [3.8, 4) is 5.75 Å². The zero-order valence-corrected chi connectivity index (χ0v) is 11.7. The third-order valence-electron chi connectivity index (χ3n) is 3.37. The van der Waals surface area contributed by atoms with Crippen molar-refractivity contribution < 1.29 is 4.74 Å². The van der Waals surface area contributed by atoms with Crippen molar-refractivity contribution in [2.75, 3.05) is 13.2 Å². The van der Waals surface area contributed by atoms with Gasteiger partial charge in [-0.05, 0) is 61.9 Å². The molecular formula is C14H20BrNO. The molecule has 0 heterocycles. The van der Waals surface area contributed by atoms with Crippen molar-refractivity contribution in [1.82, 2.24) is 0 Å². The van der Waals surface area contributed by atoms with Gasteiger partial charge in [-0.15, -0.1) is 0 Å². The Labute approximate surface area is 112 Å². The van der Waals surface area contributed by atoms with Crippen LogP contribution in [0.3, 0.4) is 0 Å². The summed E-state index contributed by atoms with van der Waals surface area (Å²) in [5.74, 6) is 1.81. The Morgan fingerprint density at radius 3 is 2.82 bits per heavy atom. The molecule has 0 spiro atoms. The van der Waals surface area contributed by atoms with Crippen LogP contribution in [0.1, 0.15) is 31.2 Å². The van der Waals surface area contributed by atoms with E-state index < -0.39 is 0 Å². The van der Waals surface area contributed by atoms with Gasteiger partial charge in [0.05, 0.1) is 6.61 Å². The Hall–Kier alpha value is -0.540. The molecule has 1 aromatic carbocycles. The molecule has 0 radical (unpaired) electrons. The number of rotatable bonds is 6. The van der Waals surface area contributed by atoms with Crippen LogP contribution < -0.4 is 10.5 Å². The second kappa shape index (κ2) is 6.41. The van der Waals surface area contributed by atoms with Crippen LogP contribution in [0.15, 0.2) is 22.7 Å². The topological polar surface area (TPSA) is 35.2 Å². The summed E-state index contributed by atoms with van der Waals surface area (Å²) in [5.41, 5.74) is 6.83. The first kappa shape index (κ1) is 12.9. The van der Waals surface area contributed by atoms with Gasteiger partial charge in [0, 0.05) is 4.47 Å². The molecule has 0 amide bonds. The van der Waals surface area contributed by atoms with Crippen LogP contribution >= 0.6 is 15.9 Å². The van der Waals surface area contributed by atoms with Crippen LogP contribution in [0.5, 0.6) is 5.75 Å². The van der Waals surface area contributed by atoms with Gasteiger partial charge in [-0.1, -0.05) is 22.4 Å². The Morgan fingerprint density at radius 1 is 1.35 bits per heavy atom. The maximum absolute atomic E-state index is 5.93. The number of hydrogen-bond acceptors (Lipinski definition) is 2. The van der Waals surface area contributed by atoms with E-state index in [4.69, 9.17) is 10.5 Å². The van der Waals surface area contributed by atoms with Crippen LogP contribution in [-0.4, -0.2) is 13.2 Å². The van der Waals surface area contributed by atoms with Crippen molar-refractivity contribution in [1.29, 1.82) is 0 Å². The minimum Gasteiger partial charge on any atom is -0.493 e. The van der Waals surface area contributed by atoms with E-state index in [1.54, 1.807) is 0 Å². The minimum absolute atomic E-state index is 0.731. The van der Waals surface area contributed by atoms with E-state index in [1.807, 2.05) is 6.07 Å². The monoisotopic (exact) mass is 297 g/mol. The molecular weight excluding hydrogens is 278 g/mol. The molecule has 3 heteroatoms. The molecule has 1 aliphatic rings. The molecule has 0 aromatic heterocycles. The highest BCUT2D eigenvalue weighted by Gasteiger charge is 2.18. The molecule has 1 saturated carbocycles. The summed E-state index contributed by atoms with van der Waals surface area (Å²) in [6.07, 6.45) is 6.03. The van der Waals surface area contributed by atoms with E-state index >= 15 is 0 Å². The lowest BCUT2D eigenvalue weighted by atomic mass is 9.86. The summed E-state index contributed by atoms with van der Waals surface area (Å²) in [7, 11) is 0. The van der Waals surface area contributed by atoms with Crippen LogP contribution in [0.2, 0.25) is 0 Å². The van der Waals surface area contributed by atoms with Crippen LogP contribution in [-0.2, 0) is 6.42 Å². The number of hydrogen-bond donors (Lipinski definition) is 1. The predicted molar refractivity (Wildman–Crippen MR) is 74.4 cm³/mol. The minimum atomic E-state index is 0.731. The average molecular weight is 298 g/mol. The van der Waals surface area contributed by atoms with Crippen molar-refractivity contribution in [3.05, 3.63) is 28.2 Å². The number of ether oxygens (including phenoxy) is 1. The molecule has 0 bridgehead atoms. The zero-order valence-electron chi connectivity index (χ0n) is 10.1.